The predicted octanol–water partition coefficient (Wildman–Crippen LogP) is 3.35. The highest BCUT2D eigenvalue weighted by Gasteiger charge is 2.19. The molecule has 0 bridgehead atoms. The molecule has 2 aromatic rings. The van der Waals surface area contributed by atoms with Crippen molar-refractivity contribution in [2.24, 2.45) is 10.2 Å². The van der Waals surface area contributed by atoms with Gasteiger partial charge in [-0.2, -0.15) is 0 Å². The molecule has 0 aliphatic heterocycles. The van der Waals surface area contributed by atoms with Gasteiger partial charge in [0.05, 0.1) is 0 Å². The van der Waals surface area contributed by atoms with Gasteiger partial charge in [-0.25, -0.2) is 4.79 Å². The first-order chi connectivity index (χ1) is 9.27. The number of aryl methyl sites for hydroxylation is 1. The van der Waals surface area contributed by atoms with E-state index in [2.05, 4.69) is 15.4 Å². The van der Waals surface area contributed by atoms with E-state index in [9.17, 15) is 9.90 Å². The van der Waals surface area contributed by atoms with E-state index in [0.29, 0.717) is 11.5 Å². The van der Waals surface area contributed by atoms with Crippen molar-refractivity contribution in [1.82, 2.24) is 5.16 Å². The molecule has 0 aliphatic rings. The van der Waals surface area contributed by atoms with Gasteiger partial charge < -0.3 is 14.0 Å². The molecule has 0 amide bonds. The number of aromatic nitrogens is 1. The summed E-state index contributed by atoms with van der Waals surface area (Å²) in [4.78, 5) is 11.5. The van der Waals surface area contributed by atoms with Gasteiger partial charge in [0.1, 0.15) is 11.5 Å². The Morgan fingerprint density at radius 1 is 1.25 bits per heavy atom. The van der Waals surface area contributed by atoms with Gasteiger partial charge in [-0.1, -0.05) is 25.9 Å². The summed E-state index contributed by atoms with van der Waals surface area (Å²) in [6.07, 6.45) is 0. The lowest BCUT2D eigenvalue weighted by Crippen LogP contribution is -2.08. The standard InChI is InChI=1S/C13H15N3O4/c1-7-5-8(17)11(12(18)19-7)15-14-10-6-9(20-16-10)13(2,3)4/h5-6,17H,1-4H3. The Hall–Kier alpha value is -2.44. The number of hydrogen-bond acceptors (Lipinski definition) is 7. The molecule has 1 N–H and O–H groups in total. The van der Waals surface area contributed by atoms with Gasteiger partial charge in [0.2, 0.25) is 11.5 Å². The minimum Gasteiger partial charge on any atom is -0.505 e. The molecule has 0 saturated heterocycles. The maximum atomic E-state index is 11.5. The Morgan fingerprint density at radius 3 is 2.50 bits per heavy atom. The SMILES string of the molecule is Cc1cc(O)c(N=Nc2cc(C(C)(C)C)on2)c(=O)o1. The van der Waals surface area contributed by atoms with E-state index >= 15 is 0 Å². The van der Waals surface area contributed by atoms with E-state index in [0.717, 1.165) is 0 Å². The average Bonchev–Trinajstić information content (AvgIpc) is 2.75. The first-order valence-corrected chi connectivity index (χ1v) is 6.00. The lowest BCUT2D eigenvalue weighted by molar-refractivity contribution is 0.330. The predicted molar refractivity (Wildman–Crippen MR) is 70.8 cm³/mol. The highest BCUT2D eigenvalue weighted by molar-refractivity contribution is 5.47. The largest absolute Gasteiger partial charge is 0.505 e. The lowest BCUT2D eigenvalue weighted by Gasteiger charge is -2.11. The van der Waals surface area contributed by atoms with Crippen LogP contribution in [0.1, 0.15) is 32.3 Å². The number of nitrogens with zero attached hydrogens (tertiary/aromatic N) is 3. The second kappa shape index (κ2) is 4.92. The van der Waals surface area contributed by atoms with E-state index in [1.165, 1.54) is 6.07 Å². The minimum atomic E-state index is -0.759. The van der Waals surface area contributed by atoms with Crippen LogP contribution in [0, 0.1) is 6.92 Å². The number of rotatable bonds is 2. The summed E-state index contributed by atoms with van der Waals surface area (Å²) >= 11 is 0. The van der Waals surface area contributed by atoms with E-state index in [4.69, 9.17) is 8.94 Å². The Bertz CT molecular complexity index is 707. The molecule has 2 aromatic heterocycles. The maximum absolute atomic E-state index is 11.5. The van der Waals surface area contributed by atoms with Crippen molar-refractivity contribution < 1.29 is 14.0 Å². The van der Waals surface area contributed by atoms with Crippen molar-refractivity contribution >= 4 is 11.5 Å². The van der Waals surface area contributed by atoms with Crippen molar-refractivity contribution in [2.45, 2.75) is 33.1 Å². The quantitative estimate of drug-likeness (QED) is 0.848. The fourth-order valence-electron chi connectivity index (χ4n) is 1.45. The molecule has 0 unspecified atom stereocenters. The Balaban J connectivity index is 2.31. The van der Waals surface area contributed by atoms with Crippen LogP contribution in [0.2, 0.25) is 0 Å². The first-order valence-electron chi connectivity index (χ1n) is 6.00. The Labute approximate surface area is 114 Å². The van der Waals surface area contributed by atoms with Crippen molar-refractivity contribution in [1.29, 1.82) is 0 Å². The van der Waals surface area contributed by atoms with Gasteiger partial charge in [0.15, 0.2) is 5.75 Å². The summed E-state index contributed by atoms with van der Waals surface area (Å²) in [6.45, 7) is 7.45. The first kappa shape index (κ1) is 14.0. The zero-order valence-electron chi connectivity index (χ0n) is 11.7. The zero-order valence-corrected chi connectivity index (χ0v) is 11.7. The highest BCUT2D eigenvalue weighted by atomic mass is 16.5. The van der Waals surface area contributed by atoms with Crippen molar-refractivity contribution in [3.63, 3.8) is 0 Å². The lowest BCUT2D eigenvalue weighted by atomic mass is 9.93. The summed E-state index contributed by atoms with van der Waals surface area (Å²) in [5, 5.41) is 20.8. The van der Waals surface area contributed by atoms with Crippen LogP contribution in [0.3, 0.4) is 0 Å². The molecule has 0 aliphatic carbocycles. The van der Waals surface area contributed by atoms with Crippen LogP contribution in [-0.4, -0.2) is 10.3 Å². The third-order valence-electron chi connectivity index (χ3n) is 2.52. The fraction of sp³-hybridized carbons (Fsp3) is 0.385. The molecular formula is C13H15N3O4. The van der Waals surface area contributed by atoms with Crippen LogP contribution in [0.25, 0.3) is 0 Å². The molecule has 2 rings (SSSR count). The van der Waals surface area contributed by atoms with Crippen LogP contribution in [0.15, 0.2) is 36.1 Å². The number of aromatic hydroxyl groups is 1. The normalized spacial score (nSPS) is 12.2. The van der Waals surface area contributed by atoms with Crippen LogP contribution in [0.5, 0.6) is 5.75 Å². The Morgan fingerprint density at radius 2 is 1.95 bits per heavy atom. The van der Waals surface area contributed by atoms with Crippen LogP contribution < -0.4 is 5.63 Å². The molecule has 2 heterocycles. The third kappa shape index (κ3) is 2.93. The van der Waals surface area contributed by atoms with Gasteiger partial charge >= 0.3 is 5.63 Å². The van der Waals surface area contributed by atoms with Gasteiger partial charge in [-0.15, -0.1) is 10.2 Å². The summed E-state index contributed by atoms with van der Waals surface area (Å²) in [6, 6.07) is 2.91. The van der Waals surface area contributed by atoms with Crippen LogP contribution in [0.4, 0.5) is 11.5 Å². The smallest absolute Gasteiger partial charge is 0.367 e. The molecule has 106 valence electrons. The third-order valence-corrected chi connectivity index (χ3v) is 2.52. The van der Waals surface area contributed by atoms with Crippen molar-refractivity contribution in [3.8, 4) is 5.75 Å². The van der Waals surface area contributed by atoms with E-state index < -0.39 is 5.63 Å². The number of azo groups is 1. The van der Waals surface area contributed by atoms with Crippen LogP contribution >= 0.6 is 0 Å². The maximum Gasteiger partial charge on any atom is 0.367 e. The van der Waals surface area contributed by atoms with E-state index in [-0.39, 0.29) is 22.7 Å². The average molecular weight is 277 g/mol. The molecular weight excluding hydrogens is 262 g/mol. The zero-order chi connectivity index (χ0) is 14.9. The molecule has 0 saturated carbocycles. The number of hydrogen-bond donors (Lipinski definition) is 1. The van der Waals surface area contributed by atoms with Crippen molar-refractivity contribution in [2.75, 3.05) is 0 Å². The molecule has 0 fully saturated rings. The van der Waals surface area contributed by atoms with Gasteiger partial charge in [0.25, 0.3) is 0 Å². The summed E-state index contributed by atoms with van der Waals surface area (Å²) in [7, 11) is 0. The van der Waals surface area contributed by atoms with Gasteiger partial charge in [0, 0.05) is 17.5 Å². The summed E-state index contributed by atoms with van der Waals surface area (Å²) in [5.74, 6) is 0.867. The fourth-order valence-corrected chi connectivity index (χ4v) is 1.45. The summed E-state index contributed by atoms with van der Waals surface area (Å²) < 4.78 is 9.95. The monoisotopic (exact) mass is 277 g/mol. The minimum absolute atomic E-state index is 0.203. The molecule has 0 spiro atoms. The molecule has 7 nitrogen and oxygen atoms in total. The molecule has 0 aromatic carbocycles. The van der Waals surface area contributed by atoms with Crippen molar-refractivity contribution in [3.05, 3.63) is 34.1 Å². The second-order valence-electron chi connectivity index (χ2n) is 5.38. The molecule has 7 heteroatoms. The second-order valence-corrected chi connectivity index (χ2v) is 5.38. The van der Waals surface area contributed by atoms with Crippen LogP contribution in [-0.2, 0) is 5.41 Å². The molecule has 0 radical (unpaired) electrons. The Kier molecular flexibility index (Phi) is 3.44. The van der Waals surface area contributed by atoms with Gasteiger partial charge in [-0.3, -0.25) is 0 Å². The molecule has 20 heavy (non-hydrogen) atoms. The van der Waals surface area contributed by atoms with E-state index in [1.807, 2.05) is 20.8 Å². The highest BCUT2D eigenvalue weighted by Crippen LogP contribution is 2.28. The topological polar surface area (TPSA) is 101 Å². The summed E-state index contributed by atoms with van der Waals surface area (Å²) in [5.41, 5.74) is -1.23. The van der Waals surface area contributed by atoms with Gasteiger partial charge in [-0.05, 0) is 6.92 Å². The van der Waals surface area contributed by atoms with E-state index in [1.54, 1.807) is 13.0 Å². The molecule has 0 atom stereocenters.